The number of hydrogen-bond donors (Lipinski definition) is 1. The summed E-state index contributed by atoms with van der Waals surface area (Å²) < 4.78 is 14.4. The van der Waals surface area contributed by atoms with Gasteiger partial charge in [-0.2, -0.15) is 0 Å². The van der Waals surface area contributed by atoms with Gasteiger partial charge in [0.2, 0.25) is 5.95 Å². The van der Waals surface area contributed by atoms with Crippen LogP contribution in [0.2, 0.25) is 5.02 Å². The summed E-state index contributed by atoms with van der Waals surface area (Å²) in [6, 6.07) is 9.10. The van der Waals surface area contributed by atoms with Crippen LogP contribution in [0, 0.1) is 5.82 Å². The highest BCUT2D eigenvalue weighted by Gasteiger charge is 2.09. The Morgan fingerprint density at radius 1 is 1.23 bits per heavy atom. The summed E-state index contributed by atoms with van der Waals surface area (Å²) >= 11 is 6.08. The molecule has 0 aliphatic rings. The van der Waals surface area contributed by atoms with Gasteiger partial charge in [-0.3, -0.25) is 9.36 Å². The summed E-state index contributed by atoms with van der Waals surface area (Å²) in [5.41, 5.74) is 6.81. The summed E-state index contributed by atoms with van der Waals surface area (Å²) in [6.45, 7) is 0. The van der Waals surface area contributed by atoms with Crippen LogP contribution in [0.15, 0.2) is 53.6 Å². The van der Waals surface area contributed by atoms with Gasteiger partial charge in [-0.1, -0.05) is 23.7 Å². The molecule has 0 saturated heterocycles. The summed E-state index contributed by atoms with van der Waals surface area (Å²) in [7, 11) is 0. The van der Waals surface area contributed by atoms with Gasteiger partial charge in [0.25, 0.3) is 5.56 Å². The van der Waals surface area contributed by atoms with Crippen LogP contribution >= 0.6 is 11.6 Å². The van der Waals surface area contributed by atoms with Crippen molar-refractivity contribution in [2.75, 3.05) is 5.73 Å². The maximum Gasteiger partial charge on any atom is 0.257 e. The quantitative estimate of drug-likeness (QED) is 0.789. The van der Waals surface area contributed by atoms with Gasteiger partial charge >= 0.3 is 0 Å². The van der Waals surface area contributed by atoms with Crippen LogP contribution in [0.25, 0.3) is 16.9 Å². The molecule has 2 heterocycles. The molecule has 7 heteroatoms. The molecule has 0 radical (unpaired) electrons. The van der Waals surface area contributed by atoms with E-state index in [2.05, 4.69) is 9.97 Å². The fourth-order valence-corrected chi connectivity index (χ4v) is 2.25. The maximum atomic E-state index is 13.0. The monoisotopic (exact) mass is 316 g/mol. The summed E-state index contributed by atoms with van der Waals surface area (Å²) in [5.74, 6) is -0.479. The lowest BCUT2D eigenvalue weighted by Crippen LogP contribution is -2.16. The largest absolute Gasteiger partial charge is 0.368 e. The highest BCUT2D eigenvalue weighted by atomic mass is 35.5. The minimum absolute atomic E-state index is 0.101. The molecular formula is C15H10ClFN4O. The van der Waals surface area contributed by atoms with Crippen molar-refractivity contribution in [3.8, 4) is 16.9 Å². The Bertz CT molecular complexity index is 910. The minimum atomic E-state index is -0.580. The molecule has 2 N–H and O–H groups in total. The highest BCUT2D eigenvalue weighted by molar-refractivity contribution is 6.32. The molecule has 1 aromatic carbocycles. The first-order chi connectivity index (χ1) is 10.5. The Balaban J connectivity index is 2.14. The van der Waals surface area contributed by atoms with E-state index in [4.69, 9.17) is 17.3 Å². The van der Waals surface area contributed by atoms with Gasteiger partial charge in [0.05, 0.1) is 16.9 Å². The van der Waals surface area contributed by atoms with Gasteiger partial charge in [0.1, 0.15) is 5.82 Å². The Kier molecular flexibility index (Phi) is 3.60. The smallest absolute Gasteiger partial charge is 0.257 e. The molecule has 0 bridgehead atoms. The van der Waals surface area contributed by atoms with Crippen molar-refractivity contribution >= 4 is 17.5 Å². The first-order valence-corrected chi connectivity index (χ1v) is 6.69. The van der Waals surface area contributed by atoms with E-state index in [1.54, 1.807) is 24.3 Å². The molecule has 0 fully saturated rings. The van der Waals surface area contributed by atoms with Crippen molar-refractivity contribution in [1.82, 2.24) is 14.5 Å². The number of rotatable bonds is 2. The first-order valence-electron chi connectivity index (χ1n) is 6.31. The predicted molar refractivity (Wildman–Crippen MR) is 82.4 cm³/mol. The number of aromatic nitrogens is 3. The third-order valence-corrected chi connectivity index (χ3v) is 3.32. The van der Waals surface area contributed by atoms with Crippen LogP contribution in [-0.4, -0.2) is 14.5 Å². The molecule has 5 nitrogen and oxygen atoms in total. The fraction of sp³-hybridized carbons (Fsp3) is 0. The van der Waals surface area contributed by atoms with Gasteiger partial charge in [-0.05, 0) is 18.2 Å². The highest BCUT2D eigenvalue weighted by Crippen LogP contribution is 2.26. The van der Waals surface area contributed by atoms with Crippen molar-refractivity contribution < 1.29 is 4.39 Å². The van der Waals surface area contributed by atoms with E-state index >= 15 is 0 Å². The number of nitrogens with two attached hydrogens (primary N) is 1. The number of nitrogens with zero attached hydrogens (tertiary/aromatic N) is 3. The zero-order valence-corrected chi connectivity index (χ0v) is 12.0. The van der Waals surface area contributed by atoms with Crippen LogP contribution in [0.3, 0.4) is 0 Å². The van der Waals surface area contributed by atoms with Crippen molar-refractivity contribution in [3.63, 3.8) is 0 Å². The van der Waals surface area contributed by atoms with Crippen LogP contribution in [0.4, 0.5) is 10.3 Å². The Morgan fingerprint density at radius 2 is 2.05 bits per heavy atom. The third-order valence-electron chi connectivity index (χ3n) is 3.04. The first kappa shape index (κ1) is 14.2. The Morgan fingerprint density at radius 3 is 2.82 bits per heavy atom. The lowest BCUT2D eigenvalue weighted by Gasteiger charge is -2.09. The molecule has 110 valence electrons. The van der Waals surface area contributed by atoms with Gasteiger partial charge in [0, 0.05) is 23.5 Å². The number of benzene rings is 1. The normalized spacial score (nSPS) is 10.6. The molecule has 3 aromatic rings. The topological polar surface area (TPSA) is 73.8 Å². The molecule has 0 atom stereocenters. The van der Waals surface area contributed by atoms with E-state index < -0.39 is 11.4 Å². The Hall–Kier alpha value is -2.73. The second-order valence-electron chi connectivity index (χ2n) is 4.53. The number of nitrogen functional groups attached to an aromatic ring is 1. The van der Waals surface area contributed by atoms with Crippen molar-refractivity contribution in [2.45, 2.75) is 0 Å². The van der Waals surface area contributed by atoms with Gasteiger partial charge in [-0.25, -0.2) is 14.4 Å². The van der Waals surface area contributed by atoms with Crippen molar-refractivity contribution in [2.24, 2.45) is 0 Å². The van der Waals surface area contributed by atoms with Crippen LogP contribution in [0.1, 0.15) is 0 Å². The molecule has 0 aliphatic carbocycles. The van der Waals surface area contributed by atoms with Crippen LogP contribution in [0.5, 0.6) is 0 Å². The number of hydrogen-bond acceptors (Lipinski definition) is 4. The lowest BCUT2D eigenvalue weighted by molar-refractivity contribution is 0.620. The van der Waals surface area contributed by atoms with E-state index in [-0.39, 0.29) is 5.95 Å². The van der Waals surface area contributed by atoms with Gasteiger partial charge in [0.15, 0.2) is 0 Å². The second-order valence-corrected chi connectivity index (χ2v) is 4.94. The zero-order valence-electron chi connectivity index (χ0n) is 11.2. The molecule has 0 unspecified atom stereocenters. The van der Waals surface area contributed by atoms with Gasteiger partial charge in [-0.15, -0.1) is 0 Å². The van der Waals surface area contributed by atoms with E-state index in [0.717, 1.165) is 6.07 Å². The molecule has 0 aliphatic heterocycles. The number of anilines is 1. The molecular weight excluding hydrogens is 307 g/mol. The van der Waals surface area contributed by atoms with Crippen LogP contribution in [-0.2, 0) is 0 Å². The Labute approximate surface area is 129 Å². The van der Waals surface area contributed by atoms with E-state index in [0.29, 0.717) is 22.0 Å². The fourth-order valence-electron chi connectivity index (χ4n) is 2.05. The second kappa shape index (κ2) is 5.57. The summed E-state index contributed by atoms with van der Waals surface area (Å²) in [5, 5.41) is 0.345. The average Bonchev–Trinajstić information content (AvgIpc) is 2.50. The third kappa shape index (κ3) is 2.68. The van der Waals surface area contributed by atoms with E-state index in [1.807, 2.05) is 0 Å². The summed E-state index contributed by atoms with van der Waals surface area (Å²) in [6.07, 6.45) is 2.78. The molecule has 0 spiro atoms. The summed E-state index contributed by atoms with van der Waals surface area (Å²) in [4.78, 5) is 19.8. The average molecular weight is 317 g/mol. The standard InChI is InChI=1S/C15H10ClFN4O/c16-12-8-19-15(18)20-14(12)9-2-1-3-11(6-9)21-5-4-10(17)7-13(21)22/h1-8H,(H2,18,19,20). The maximum absolute atomic E-state index is 13.0. The lowest BCUT2D eigenvalue weighted by atomic mass is 10.1. The van der Waals surface area contributed by atoms with Crippen LogP contribution < -0.4 is 11.3 Å². The molecule has 0 amide bonds. The molecule has 0 saturated carbocycles. The minimum Gasteiger partial charge on any atom is -0.368 e. The van der Waals surface area contributed by atoms with Crippen molar-refractivity contribution in [3.05, 3.63) is 70.0 Å². The molecule has 3 rings (SSSR count). The number of halogens is 2. The SMILES string of the molecule is Nc1ncc(Cl)c(-c2cccc(-n3ccc(F)cc3=O)c2)n1. The molecule has 2 aromatic heterocycles. The van der Waals surface area contributed by atoms with Gasteiger partial charge < -0.3 is 5.73 Å². The zero-order chi connectivity index (χ0) is 15.7. The van der Waals surface area contributed by atoms with Crippen molar-refractivity contribution in [1.29, 1.82) is 0 Å². The van der Waals surface area contributed by atoms with E-state index in [9.17, 15) is 9.18 Å². The predicted octanol–water partition coefficient (Wildman–Crippen LogP) is 2.67. The molecule has 22 heavy (non-hydrogen) atoms. The number of pyridine rings is 1. The van der Waals surface area contributed by atoms with E-state index in [1.165, 1.54) is 23.0 Å².